The fourth-order valence-electron chi connectivity index (χ4n) is 3.57. The highest BCUT2D eigenvalue weighted by Crippen LogP contribution is 2.09. The average Bonchev–Trinajstić information content (AvgIpc) is 2.90. The molecule has 0 bridgehead atoms. The molecule has 2 amide bonds. The van der Waals surface area contributed by atoms with Crippen LogP contribution in [0.5, 0.6) is 0 Å². The summed E-state index contributed by atoms with van der Waals surface area (Å²) in [6.07, 6.45) is 3.00. The maximum absolute atomic E-state index is 12.9. The van der Waals surface area contributed by atoms with E-state index in [9.17, 15) is 23.2 Å². The fourth-order valence-corrected chi connectivity index (χ4v) is 4.95. The van der Waals surface area contributed by atoms with Gasteiger partial charge in [-0.05, 0) is 29.5 Å². The number of amides is 2. The first-order chi connectivity index (χ1) is 18.1. The Morgan fingerprint density at radius 1 is 0.921 bits per heavy atom. The molecule has 2 aromatic carbocycles. The number of nitrogen functional groups attached to an aromatic ring is 1. The molecule has 0 spiro atoms. The van der Waals surface area contributed by atoms with Crippen LogP contribution in [0.3, 0.4) is 0 Å². The number of carbonyl (C=O) groups is 2. The van der Waals surface area contributed by atoms with Gasteiger partial charge in [0.1, 0.15) is 11.9 Å². The molecule has 0 saturated heterocycles. The second-order valence-corrected chi connectivity index (χ2v) is 10.4. The Bertz CT molecular complexity index is 1350. The number of benzene rings is 2. The highest BCUT2D eigenvalue weighted by molar-refractivity contribution is 7.88. The molecule has 0 aliphatic rings. The van der Waals surface area contributed by atoms with Crippen molar-refractivity contribution in [3.8, 4) is 0 Å². The molecule has 12 heteroatoms. The van der Waals surface area contributed by atoms with Crippen LogP contribution < -0.4 is 25.8 Å². The zero-order valence-corrected chi connectivity index (χ0v) is 21.4. The molecule has 3 rings (SSSR count). The molecule has 6 N–H and O–H groups in total. The van der Waals surface area contributed by atoms with Crippen LogP contribution in [-0.2, 0) is 38.3 Å². The second kappa shape index (κ2) is 13.3. The van der Waals surface area contributed by atoms with Crippen LogP contribution >= 0.6 is 0 Å². The number of aryl methyl sites for hydroxylation is 1. The van der Waals surface area contributed by atoms with E-state index in [1.54, 1.807) is 24.3 Å². The maximum atomic E-state index is 12.9. The van der Waals surface area contributed by atoms with Crippen LogP contribution in [0.4, 0.5) is 0 Å². The van der Waals surface area contributed by atoms with E-state index in [0.717, 1.165) is 11.1 Å². The summed E-state index contributed by atoms with van der Waals surface area (Å²) in [6, 6.07) is 17.8. The largest absolute Gasteiger partial charge is 0.619 e. The Morgan fingerprint density at radius 3 is 2.21 bits per heavy atom. The lowest BCUT2D eigenvalue weighted by molar-refractivity contribution is -0.605. The number of sulfonamides is 1. The van der Waals surface area contributed by atoms with Crippen LogP contribution in [0.1, 0.15) is 28.7 Å². The van der Waals surface area contributed by atoms with E-state index in [1.807, 2.05) is 30.3 Å². The summed E-state index contributed by atoms with van der Waals surface area (Å²) in [6.45, 7) is -0.131. The molecular formula is C26H30N6O5S. The number of amidine groups is 1. The molecule has 200 valence electrons. The van der Waals surface area contributed by atoms with E-state index >= 15 is 0 Å². The van der Waals surface area contributed by atoms with Crippen molar-refractivity contribution in [1.82, 2.24) is 15.4 Å². The van der Waals surface area contributed by atoms with Crippen LogP contribution in [0, 0.1) is 10.6 Å². The lowest BCUT2D eigenvalue weighted by atomic mass is 10.1. The summed E-state index contributed by atoms with van der Waals surface area (Å²) in [5.41, 5.74) is 8.11. The summed E-state index contributed by atoms with van der Waals surface area (Å²) >= 11 is 0. The minimum atomic E-state index is -3.94. The van der Waals surface area contributed by atoms with Crippen molar-refractivity contribution < 1.29 is 22.7 Å². The van der Waals surface area contributed by atoms with Crippen LogP contribution in [-0.4, -0.2) is 38.7 Å². The van der Waals surface area contributed by atoms with Gasteiger partial charge in [0.05, 0.1) is 12.3 Å². The summed E-state index contributed by atoms with van der Waals surface area (Å²) in [4.78, 5) is 25.2. The van der Waals surface area contributed by atoms with Crippen LogP contribution in [0.25, 0.3) is 0 Å². The van der Waals surface area contributed by atoms with Gasteiger partial charge in [-0.15, -0.1) is 0 Å². The molecule has 0 aliphatic carbocycles. The van der Waals surface area contributed by atoms with Gasteiger partial charge in [-0.2, -0.15) is 4.73 Å². The molecular weight excluding hydrogens is 508 g/mol. The number of nitrogens with zero attached hydrogens (tertiary/aromatic N) is 1. The van der Waals surface area contributed by atoms with Gasteiger partial charge >= 0.3 is 0 Å². The number of rotatable bonds is 13. The van der Waals surface area contributed by atoms with E-state index in [1.165, 1.54) is 24.5 Å². The van der Waals surface area contributed by atoms with E-state index in [0.29, 0.717) is 22.3 Å². The number of nitrogens with two attached hydrogens (primary N) is 1. The molecule has 0 fully saturated rings. The SMILES string of the molecule is N=C(N)c1ccc(CNC(=O)CNC(=O)[C@@H](CCc2ccccc2)NS(=O)(=O)Cc2cc[n+]([O-])cc2)cc1. The summed E-state index contributed by atoms with van der Waals surface area (Å²) in [5.74, 6) is -1.55. The van der Waals surface area contributed by atoms with E-state index in [-0.39, 0.29) is 25.3 Å². The van der Waals surface area contributed by atoms with Gasteiger partial charge in [-0.3, -0.25) is 15.0 Å². The Labute approximate surface area is 221 Å². The smallest absolute Gasteiger partial charge is 0.239 e. The van der Waals surface area contributed by atoms with E-state index in [4.69, 9.17) is 11.1 Å². The van der Waals surface area contributed by atoms with Crippen molar-refractivity contribution in [1.29, 1.82) is 5.41 Å². The quantitative estimate of drug-likeness (QED) is 0.0912. The Hall–Kier alpha value is -4.29. The number of hydrogen-bond donors (Lipinski definition) is 5. The zero-order chi connectivity index (χ0) is 27.5. The number of aromatic nitrogens is 1. The normalized spacial score (nSPS) is 11.9. The Balaban J connectivity index is 1.58. The van der Waals surface area contributed by atoms with Gasteiger partial charge in [0.15, 0.2) is 12.4 Å². The number of nitrogens with one attached hydrogen (secondary N) is 4. The summed E-state index contributed by atoms with van der Waals surface area (Å²) < 4.78 is 28.6. The van der Waals surface area contributed by atoms with Crippen LogP contribution in [0.2, 0.25) is 0 Å². The molecule has 38 heavy (non-hydrogen) atoms. The number of hydrogen-bond acceptors (Lipinski definition) is 6. The van der Waals surface area contributed by atoms with E-state index < -0.39 is 33.6 Å². The van der Waals surface area contributed by atoms with Crippen molar-refractivity contribution in [3.05, 3.63) is 107 Å². The van der Waals surface area contributed by atoms with Crippen molar-refractivity contribution in [2.45, 2.75) is 31.2 Å². The molecule has 1 atom stereocenters. The highest BCUT2D eigenvalue weighted by Gasteiger charge is 2.25. The molecule has 3 aromatic rings. The van der Waals surface area contributed by atoms with Crippen molar-refractivity contribution in [2.75, 3.05) is 6.54 Å². The van der Waals surface area contributed by atoms with Gasteiger partial charge < -0.3 is 21.6 Å². The Morgan fingerprint density at radius 2 is 1.58 bits per heavy atom. The third-order valence-electron chi connectivity index (χ3n) is 5.61. The van der Waals surface area contributed by atoms with E-state index in [2.05, 4.69) is 15.4 Å². The minimum absolute atomic E-state index is 0.0555. The van der Waals surface area contributed by atoms with Crippen molar-refractivity contribution in [2.24, 2.45) is 5.73 Å². The molecule has 0 saturated carbocycles. The molecule has 0 aliphatic heterocycles. The average molecular weight is 539 g/mol. The predicted molar refractivity (Wildman–Crippen MR) is 142 cm³/mol. The third kappa shape index (κ3) is 9.30. The molecule has 0 radical (unpaired) electrons. The molecule has 1 aromatic heterocycles. The molecule has 0 unspecified atom stereocenters. The first-order valence-corrected chi connectivity index (χ1v) is 13.5. The lowest BCUT2D eigenvalue weighted by Crippen LogP contribution is -2.49. The molecule has 1 heterocycles. The monoisotopic (exact) mass is 538 g/mol. The second-order valence-electron chi connectivity index (χ2n) is 8.63. The first kappa shape index (κ1) is 28.3. The summed E-state index contributed by atoms with van der Waals surface area (Å²) in [5, 5.41) is 23.8. The van der Waals surface area contributed by atoms with Gasteiger partial charge in [-0.25, -0.2) is 13.1 Å². The van der Waals surface area contributed by atoms with Gasteiger partial charge in [0.25, 0.3) is 0 Å². The standard InChI is InChI=1S/C26H30N6O5S/c27-25(28)22-9-6-20(7-10-22)16-29-24(33)17-30-26(34)23(11-8-19-4-2-1-3-5-19)31-38(36,37)18-21-12-14-32(35)15-13-21/h1-7,9-10,12-15,23,31H,8,11,16-18H2,(H3,27,28)(H,29,33)(H,30,34)/t23-/m1/s1. The number of pyridine rings is 1. The van der Waals surface area contributed by atoms with Crippen molar-refractivity contribution in [3.63, 3.8) is 0 Å². The van der Waals surface area contributed by atoms with Gasteiger partial charge in [-0.1, -0.05) is 54.6 Å². The molecule has 11 nitrogen and oxygen atoms in total. The number of carbonyl (C=O) groups excluding carboxylic acids is 2. The van der Waals surface area contributed by atoms with Crippen molar-refractivity contribution >= 4 is 27.7 Å². The Kier molecular flexibility index (Phi) is 9.91. The third-order valence-corrected chi connectivity index (χ3v) is 6.97. The first-order valence-electron chi connectivity index (χ1n) is 11.8. The zero-order valence-electron chi connectivity index (χ0n) is 20.6. The predicted octanol–water partition coefficient (Wildman–Crippen LogP) is 0.457. The fraction of sp³-hybridized carbons (Fsp3) is 0.231. The van der Waals surface area contributed by atoms with Gasteiger partial charge in [0.2, 0.25) is 21.8 Å². The highest BCUT2D eigenvalue weighted by atomic mass is 32.2. The topological polar surface area (TPSA) is 181 Å². The summed E-state index contributed by atoms with van der Waals surface area (Å²) in [7, 11) is -3.94. The maximum Gasteiger partial charge on any atom is 0.239 e. The van der Waals surface area contributed by atoms with Gasteiger partial charge in [0, 0.05) is 24.2 Å². The van der Waals surface area contributed by atoms with Crippen LogP contribution in [0.15, 0.2) is 79.1 Å². The lowest BCUT2D eigenvalue weighted by Gasteiger charge is -2.19. The minimum Gasteiger partial charge on any atom is -0.619 e.